The first-order chi connectivity index (χ1) is 9.76. The molecule has 6 nitrogen and oxygen atoms in total. The number of esters is 1. The van der Waals surface area contributed by atoms with E-state index in [1.807, 2.05) is 0 Å². The molecule has 1 aliphatic heterocycles. The number of alkyl halides is 2. The van der Waals surface area contributed by atoms with Crippen molar-refractivity contribution >= 4 is 12.0 Å². The average molecular weight is 308 g/mol. The van der Waals surface area contributed by atoms with Gasteiger partial charge in [-0.3, -0.25) is 0 Å². The van der Waals surface area contributed by atoms with Crippen molar-refractivity contribution in [2.75, 3.05) is 40.5 Å². The highest BCUT2D eigenvalue weighted by Gasteiger charge is 2.37. The van der Waals surface area contributed by atoms with E-state index in [9.17, 15) is 18.4 Å². The molecule has 0 N–H and O–H groups in total. The smallest absolute Gasteiger partial charge is 0.328 e. The molecular formula is C13H22F2N2O4. The monoisotopic (exact) mass is 308 g/mol. The molecule has 1 heterocycles. The molecular weight excluding hydrogens is 286 g/mol. The molecule has 0 bridgehead atoms. The van der Waals surface area contributed by atoms with Crippen LogP contribution in [-0.2, 0) is 14.3 Å². The number of ether oxygens (including phenoxy) is 2. The maximum Gasteiger partial charge on any atom is 0.328 e. The highest BCUT2D eigenvalue weighted by Crippen LogP contribution is 2.23. The molecule has 0 aliphatic carbocycles. The van der Waals surface area contributed by atoms with Gasteiger partial charge in [0.15, 0.2) is 0 Å². The van der Waals surface area contributed by atoms with E-state index in [1.54, 1.807) is 0 Å². The van der Waals surface area contributed by atoms with Gasteiger partial charge in [0.25, 0.3) is 0 Å². The third kappa shape index (κ3) is 5.45. The lowest BCUT2D eigenvalue weighted by atomic mass is 10.1. The fourth-order valence-electron chi connectivity index (χ4n) is 2.15. The number of carbonyl (C=O) groups is 2. The van der Waals surface area contributed by atoms with E-state index in [-0.39, 0.29) is 0 Å². The van der Waals surface area contributed by atoms with Gasteiger partial charge in [0.1, 0.15) is 6.04 Å². The zero-order valence-corrected chi connectivity index (χ0v) is 12.6. The summed E-state index contributed by atoms with van der Waals surface area (Å²) >= 11 is 0. The van der Waals surface area contributed by atoms with Gasteiger partial charge in [-0.05, 0) is 13.3 Å². The summed E-state index contributed by atoms with van der Waals surface area (Å²) in [5.74, 6) is -3.92. The predicted octanol–water partition coefficient (Wildman–Crippen LogP) is 1.35. The van der Waals surface area contributed by atoms with Crippen LogP contribution in [0.15, 0.2) is 0 Å². The molecule has 1 saturated heterocycles. The number of carbonyl (C=O) groups excluding carboxylic acids is 2. The summed E-state index contributed by atoms with van der Waals surface area (Å²) < 4.78 is 36.2. The number of nitrogens with zero attached hydrogens (tertiary/aromatic N) is 2. The minimum absolute atomic E-state index is 0.375. The Morgan fingerprint density at radius 3 is 2.62 bits per heavy atom. The Bertz CT molecular complexity index is 366. The molecule has 1 aliphatic rings. The first kappa shape index (κ1) is 17.6. The third-order valence-corrected chi connectivity index (χ3v) is 3.29. The van der Waals surface area contributed by atoms with Gasteiger partial charge in [-0.15, -0.1) is 0 Å². The van der Waals surface area contributed by atoms with Crippen LogP contribution in [0.25, 0.3) is 0 Å². The number of hydrogen-bond donors (Lipinski definition) is 0. The Balaban J connectivity index is 2.80. The van der Waals surface area contributed by atoms with E-state index in [2.05, 4.69) is 4.74 Å². The molecule has 0 aromatic heterocycles. The minimum Gasteiger partial charge on any atom is -0.467 e. The molecule has 1 atom stereocenters. The topological polar surface area (TPSA) is 59.1 Å². The Labute approximate surface area is 123 Å². The van der Waals surface area contributed by atoms with Crippen molar-refractivity contribution in [3.63, 3.8) is 0 Å². The van der Waals surface area contributed by atoms with Gasteiger partial charge in [0, 0.05) is 33.2 Å². The number of rotatable bonds is 4. The molecule has 1 rings (SSSR count). The second kappa shape index (κ2) is 7.53. The Morgan fingerprint density at radius 2 is 2.05 bits per heavy atom. The molecule has 21 heavy (non-hydrogen) atoms. The second-order valence-corrected chi connectivity index (χ2v) is 5.16. The van der Waals surface area contributed by atoms with Crippen LogP contribution in [0.2, 0.25) is 0 Å². The standard InChI is InChI=1S/C13H22F2N2O4/c1-13(14,15)9-10(11(18)20-3)16(2)12(19)17-5-4-7-21-8-6-17/h10H,4-9H2,1-3H3/t10-/m0/s1. The van der Waals surface area contributed by atoms with Crippen LogP contribution in [-0.4, -0.2) is 74.2 Å². The van der Waals surface area contributed by atoms with Crippen LogP contribution in [0.4, 0.5) is 13.6 Å². The summed E-state index contributed by atoms with van der Waals surface area (Å²) in [4.78, 5) is 26.6. The molecule has 122 valence electrons. The number of amides is 2. The number of halogens is 2. The minimum atomic E-state index is -3.07. The van der Waals surface area contributed by atoms with Crippen LogP contribution in [0, 0.1) is 0 Å². The number of urea groups is 1. The second-order valence-electron chi connectivity index (χ2n) is 5.16. The first-order valence-corrected chi connectivity index (χ1v) is 6.81. The van der Waals surface area contributed by atoms with Crippen LogP contribution in [0.5, 0.6) is 0 Å². The molecule has 1 fully saturated rings. The van der Waals surface area contributed by atoms with Gasteiger partial charge >= 0.3 is 12.0 Å². The Kier molecular flexibility index (Phi) is 6.32. The van der Waals surface area contributed by atoms with Crippen molar-refractivity contribution in [2.24, 2.45) is 0 Å². The van der Waals surface area contributed by atoms with Crippen LogP contribution in [0.1, 0.15) is 19.8 Å². The zero-order valence-electron chi connectivity index (χ0n) is 12.6. The number of hydrogen-bond acceptors (Lipinski definition) is 4. The van der Waals surface area contributed by atoms with Crippen molar-refractivity contribution < 1.29 is 27.8 Å². The third-order valence-electron chi connectivity index (χ3n) is 3.29. The lowest BCUT2D eigenvalue weighted by Gasteiger charge is -2.32. The summed E-state index contributed by atoms with van der Waals surface area (Å²) in [5.41, 5.74) is 0. The lowest BCUT2D eigenvalue weighted by molar-refractivity contribution is -0.149. The van der Waals surface area contributed by atoms with Crippen LogP contribution < -0.4 is 0 Å². The normalized spacial score (nSPS) is 17.9. The van der Waals surface area contributed by atoms with Crippen molar-refractivity contribution in [1.82, 2.24) is 9.80 Å². The largest absolute Gasteiger partial charge is 0.467 e. The molecule has 0 spiro atoms. The summed E-state index contributed by atoms with van der Waals surface area (Å²) in [7, 11) is 2.45. The zero-order chi connectivity index (χ0) is 16.0. The van der Waals surface area contributed by atoms with E-state index in [4.69, 9.17) is 4.74 Å². The molecule has 0 unspecified atom stereocenters. The van der Waals surface area contributed by atoms with Crippen LogP contribution >= 0.6 is 0 Å². The Morgan fingerprint density at radius 1 is 1.38 bits per heavy atom. The van der Waals surface area contributed by atoms with Crippen molar-refractivity contribution in [1.29, 1.82) is 0 Å². The fourth-order valence-corrected chi connectivity index (χ4v) is 2.15. The lowest BCUT2D eigenvalue weighted by Crippen LogP contribution is -2.51. The SMILES string of the molecule is COC(=O)[C@H](CC(C)(F)F)N(C)C(=O)N1CCCOCC1. The summed E-state index contributed by atoms with van der Waals surface area (Å²) in [6.45, 7) is 2.51. The summed E-state index contributed by atoms with van der Waals surface area (Å²) in [5, 5.41) is 0. The molecule has 0 saturated carbocycles. The van der Waals surface area contributed by atoms with E-state index in [0.29, 0.717) is 39.6 Å². The summed E-state index contributed by atoms with van der Waals surface area (Å²) in [6, 6.07) is -1.79. The number of likely N-dealkylation sites (N-methyl/N-ethyl adjacent to an activating group) is 1. The van der Waals surface area contributed by atoms with Crippen molar-refractivity contribution in [3.05, 3.63) is 0 Å². The highest BCUT2D eigenvalue weighted by molar-refractivity contribution is 5.83. The van der Waals surface area contributed by atoms with E-state index in [0.717, 1.165) is 12.0 Å². The van der Waals surface area contributed by atoms with Gasteiger partial charge in [-0.1, -0.05) is 0 Å². The van der Waals surface area contributed by atoms with Gasteiger partial charge in [0.05, 0.1) is 13.7 Å². The summed E-state index contributed by atoms with van der Waals surface area (Å²) in [6.07, 6.45) is -0.0985. The predicted molar refractivity (Wildman–Crippen MR) is 71.2 cm³/mol. The van der Waals surface area contributed by atoms with E-state index >= 15 is 0 Å². The molecule has 2 amide bonds. The first-order valence-electron chi connectivity index (χ1n) is 6.81. The van der Waals surface area contributed by atoms with Crippen LogP contribution in [0.3, 0.4) is 0 Å². The molecule has 0 radical (unpaired) electrons. The van der Waals surface area contributed by atoms with Gasteiger partial charge in [-0.2, -0.15) is 0 Å². The van der Waals surface area contributed by atoms with E-state index in [1.165, 1.54) is 11.9 Å². The van der Waals surface area contributed by atoms with Gasteiger partial charge in [-0.25, -0.2) is 18.4 Å². The number of methoxy groups -OCH3 is 1. The molecule has 0 aromatic rings. The maximum atomic E-state index is 13.2. The average Bonchev–Trinajstić information content (AvgIpc) is 2.70. The van der Waals surface area contributed by atoms with E-state index < -0.39 is 30.4 Å². The van der Waals surface area contributed by atoms with Gasteiger partial charge in [0.2, 0.25) is 5.92 Å². The fraction of sp³-hybridized carbons (Fsp3) is 0.846. The molecule has 0 aromatic carbocycles. The highest BCUT2D eigenvalue weighted by atomic mass is 19.3. The Hall–Kier alpha value is -1.44. The quantitative estimate of drug-likeness (QED) is 0.736. The van der Waals surface area contributed by atoms with Crippen molar-refractivity contribution in [3.8, 4) is 0 Å². The van der Waals surface area contributed by atoms with Gasteiger partial charge < -0.3 is 19.3 Å². The van der Waals surface area contributed by atoms with Crippen molar-refractivity contribution in [2.45, 2.75) is 31.7 Å². The molecule has 8 heteroatoms. The maximum absolute atomic E-state index is 13.2.